The number of hydrogen-bond acceptors (Lipinski definition) is 3. The highest BCUT2D eigenvalue weighted by Gasteiger charge is 2.06. The number of nitrogens with zero attached hydrogens (tertiary/aromatic N) is 3. The number of rotatable bonds is 4. The quantitative estimate of drug-likeness (QED) is 0.851. The third kappa shape index (κ3) is 2.66. The van der Waals surface area contributed by atoms with E-state index < -0.39 is 0 Å². The Morgan fingerprint density at radius 3 is 2.81 bits per heavy atom. The Kier molecular flexibility index (Phi) is 3.29. The zero-order valence-electron chi connectivity index (χ0n) is 9.64. The summed E-state index contributed by atoms with van der Waals surface area (Å²) in [5.41, 5.74) is 1.23. The maximum Gasteiger partial charge on any atom is 0.153 e. The van der Waals surface area contributed by atoms with Crippen LogP contribution in [0.1, 0.15) is 37.0 Å². The number of aryl methyl sites for hydroxylation is 2. The van der Waals surface area contributed by atoms with Crippen molar-refractivity contribution in [2.24, 2.45) is 0 Å². The second kappa shape index (κ2) is 4.88. The summed E-state index contributed by atoms with van der Waals surface area (Å²) in [4.78, 5) is 8.52. The first-order valence-electron chi connectivity index (χ1n) is 5.56. The molecular weight excluding hydrogens is 200 g/mol. The highest BCUT2D eigenvalue weighted by Crippen LogP contribution is 2.09. The molecule has 0 atom stereocenters. The maximum atomic E-state index is 4.44. The lowest BCUT2D eigenvalue weighted by Crippen LogP contribution is -1.94. The molecular formula is C12H16N4. The fourth-order valence-corrected chi connectivity index (χ4v) is 1.49. The van der Waals surface area contributed by atoms with Crippen molar-refractivity contribution in [3.05, 3.63) is 41.7 Å². The number of nitrogens with one attached hydrogen (secondary N) is 1. The number of aromatic amines is 1. The van der Waals surface area contributed by atoms with Crippen LogP contribution in [0.3, 0.4) is 0 Å². The Labute approximate surface area is 95.1 Å². The first kappa shape index (κ1) is 10.8. The van der Waals surface area contributed by atoms with Gasteiger partial charge < -0.3 is 0 Å². The van der Waals surface area contributed by atoms with Crippen LogP contribution in [0.5, 0.6) is 0 Å². The Bertz CT molecular complexity index is 433. The molecule has 2 aromatic heterocycles. The zero-order valence-corrected chi connectivity index (χ0v) is 9.64. The predicted molar refractivity (Wildman–Crippen MR) is 62.1 cm³/mol. The van der Waals surface area contributed by atoms with Crippen LogP contribution in [0.4, 0.5) is 0 Å². The minimum atomic E-state index is 0.378. The van der Waals surface area contributed by atoms with Crippen molar-refractivity contribution in [1.29, 1.82) is 0 Å². The molecule has 0 saturated heterocycles. The van der Waals surface area contributed by atoms with Crippen molar-refractivity contribution in [3.63, 3.8) is 0 Å². The summed E-state index contributed by atoms with van der Waals surface area (Å²) in [7, 11) is 0. The Morgan fingerprint density at radius 1 is 1.31 bits per heavy atom. The smallest absolute Gasteiger partial charge is 0.153 e. The highest BCUT2D eigenvalue weighted by atomic mass is 15.2. The van der Waals surface area contributed by atoms with Gasteiger partial charge in [-0.05, 0) is 18.1 Å². The molecule has 0 fully saturated rings. The van der Waals surface area contributed by atoms with Crippen LogP contribution < -0.4 is 0 Å². The fraction of sp³-hybridized carbons (Fsp3) is 0.417. The second-order valence-electron chi connectivity index (χ2n) is 4.16. The largest absolute Gasteiger partial charge is 0.264 e. The zero-order chi connectivity index (χ0) is 11.4. The van der Waals surface area contributed by atoms with E-state index in [0.717, 1.165) is 24.5 Å². The van der Waals surface area contributed by atoms with Gasteiger partial charge in [0, 0.05) is 24.7 Å². The van der Waals surface area contributed by atoms with Gasteiger partial charge in [-0.25, -0.2) is 4.98 Å². The van der Waals surface area contributed by atoms with Crippen molar-refractivity contribution < 1.29 is 0 Å². The minimum absolute atomic E-state index is 0.378. The molecule has 2 rings (SSSR count). The highest BCUT2D eigenvalue weighted by molar-refractivity contribution is 5.10. The number of H-pyrrole nitrogens is 1. The standard InChI is InChI=1S/C12H16N4/c1-9(2)12-14-11(15-16-12)6-5-10-4-3-7-13-8-10/h3-4,7-9H,5-6H2,1-2H3,(H,14,15,16). The van der Waals surface area contributed by atoms with Gasteiger partial charge in [0.2, 0.25) is 0 Å². The van der Waals surface area contributed by atoms with Crippen LogP contribution in [0.25, 0.3) is 0 Å². The van der Waals surface area contributed by atoms with E-state index >= 15 is 0 Å². The summed E-state index contributed by atoms with van der Waals surface area (Å²) in [6.45, 7) is 4.18. The third-order valence-electron chi connectivity index (χ3n) is 2.44. The van der Waals surface area contributed by atoms with Gasteiger partial charge in [0.15, 0.2) is 5.82 Å². The topological polar surface area (TPSA) is 54.5 Å². The average molecular weight is 216 g/mol. The van der Waals surface area contributed by atoms with Crippen LogP contribution in [0.15, 0.2) is 24.5 Å². The monoisotopic (exact) mass is 216 g/mol. The molecule has 0 saturated carbocycles. The van der Waals surface area contributed by atoms with Crippen LogP contribution in [0.2, 0.25) is 0 Å². The van der Waals surface area contributed by atoms with Crippen molar-refractivity contribution in [3.8, 4) is 0 Å². The number of pyridine rings is 1. The van der Waals surface area contributed by atoms with E-state index in [1.165, 1.54) is 5.56 Å². The SMILES string of the molecule is CC(C)c1n[nH]c(CCc2cccnc2)n1. The van der Waals surface area contributed by atoms with E-state index in [0.29, 0.717) is 5.92 Å². The maximum absolute atomic E-state index is 4.44. The molecule has 0 aromatic carbocycles. The van der Waals surface area contributed by atoms with Gasteiger partial charge in [0.05, 0.1) is 0 Å². The summed E-state index contributed by atoms with van der Waals surface area (Å²) < 4.78 is 0. The van der Waals surface area contributed by atoms with E-state index in [2.05, 4.69) is 40.1 Å². The van der Waals surface area contributed by atoms with Crippen LogP contribution in [-0.4, -0.2) is 20.2 Å². The Morgan fingerprint density at radius 2 is 2.19 bits per heavy atom. The lowest BCUT2D eigenvalue weighted by atomic mass is 10.1. The number of hydrogen-bond donors (Lipinski definition) is 1. The summed E-state index contributed by atoms with van der Waals surface area (Å²) in [5, 5.41) is 7.15. The van der Waals surface area contributed by atoms with E-state index in [1.807, 2.05) is 12.3 Å². The molecule has 0 radical (unpaired) electrons. The molecule has 2 aromatic rings. The molecule has 1 N–H and O–H groups in total. The van der Waals surface area contributed by atoms with Gasteiger partial charge in [-0.2, -0.15) is 5.10 Å². The first-order chi connectivity index (χ1) is 7.75. The Hall–Kier alpha value is -1.71. The van der Waals surface area contributed by atoms with E-state index in [1.54, 1.807) is 6.20 Å². The van der Waals surface area contributed by atoms with Crippen LogP contribution >= 0.6 is 0 Å². The lowest BCUT2D eigenvalue weighted by Gasteiger charge is -1.97. The minimum Gasteiger partial charge on any atom is -0.264 e. The molecule has 16 heavy (non-hydrogen) atoms. The molecule has 0 aliphatic heterocycles. The van der Waals surface area contributed by atoms with Crippen molar-refractivity contribution in [2.75, 3.05) is 0 Å². The Balaban J connectivity index is 1.95. The fourth-order valence-electron chi connectivity index (χ4n) is 1.49. The molecule has 4 heteroatoms. The second-order valence-corrected chi connectivity index (χ2v) is 4.16. The molecule has 0 spiro atoms. The van der Waals surface area contributed by atoms with Gasteiger partial charge in [-0.3, -0.25) is 10.1 Å². The number of aromatic nitrogens is 4. The van der Waals surface area contributed by atoms with Gasteiger partial charge in [0.25, 0.3) is 0 Å². The molecule has 84 valence electrons. The summed E-state index contributed by atoms with van der Waals surface area (Å²) >= 11 is 0. The van der Waals surface area contributed by atoms with E-state index in [4.69, 9.17) is 0 Å². The van der Waals surface area contributed by atoms with E-state index in [-0.39, 0.29) is 0 Å². The molecule has 2 heterocycles. The lowest BCUT2D eigenvalue weighted by molar-refractivity contribution is 0.780. The first-order valence-corrected chi connectivity index (χ1v) is 5.56. The van der Waals surface area contributed by atoms with Crippen LogP contribution in [0, 0.1) is 0 Å². The van der Waals surface area contributed by atoms with Crippen LogP contribution in [-0.2, 0) is 12.8 Å². The van der Waals surface area contributed by atoms with Crippen molar-refractivity contribution in [1.82, 2.24) is 20.2 Å². The van der Waals surface area contributed by atoms with E-state index in [9.17, 15) is 0 Å². The molecule has 0 aliphatic carbocycles. The third-order valence-corrected chi connectivity index (χ3v) is 2.44. The average Bonchev–Trinajstić information content (AvgIpc) is 2.76. The molecule has 4 nitrogen and oxygen atoms in total. The van der Waals surface area contributed by atoms with Gasteiger partial charge in [-0.15, -0.1) is 0 Å². The molecule has 0 unspecified atom stereocenters. The predicted octanol–water partition coefficient (Wildman–Crippen LogP) is 2.11. The van der Waals surface area contributed by atoms with Gasteiger partial charge in [-0.1, -0.05) is 19.9 Å². The van der Waals surface area contributed by atoms with Gasteiger partial charge >= 0.3 is 0 Å². The van der Waals surface area contributed by atoms with Crippen molar-refractivity contribution in [2.45, 2.75) is 32.6 Å². The van der Waals surface area contributed by atoms with Crippen molar-refractivity contribution >= 4 is 0 Å². The van der Waals surface area contributed by atoms with Gasteiger partial charge in [0.1, 0.15) is 5.82 Å². The molecule has 0 aliphatic rings. The normalized spacial score (nSPS) is 10.9. The summed E-state index contributed by atoms with van der Waals surface area (Å²) in [6.07, 6.45) is 5.50. The molecule has 0 bridgehead atoms. The summed E-state index contributed by atoms with van der Waals surface area (Å²) in [5.74, 6) is 2.22. The molecule has 0 amide bonds. The summed E-state index contributed by atoms with van der Waals surface area (Å²) in [6, 6.07) is 4.03.